The minimum atomic E-state index is -2.92. The van der Waals surface area contributed by atoms with Crippen LogP contribution < -0.4 is 16.8 Å². The number of anilines is 2. The number of alkyl halides is 4. The fourth-order valence-electron chi connectivity index (χ4n) is 3.04. The number of amidine groups is 1. The number of aromatic nitrogens is 2. The van der Waals surface area contributed by atoms with Crippen LogP contribution >= 0.6 is 0 Å². The molecule has 1 aromatic carbocycles. The van der Waals surface area contributed by atoms with Gasteiger partial charge in [0.1, 0.15) is 36.2 Å². The first kappa shape index (κ1) is 23.3. The molecular weight excluding hydrogens is 439 g/mol. The second-order valence-corrected chi connectivity index (χ2v) is 7.30. The van der Waals surface area contributed by atoms with E-state index in [0.29, 0.717) is 6.20 Å². The second-order valence-electron chi connectivity index (χ2n) is 7.30. The summed E-state index contributed by atoms with van der Waals surface area (Å²) in [6.45, 7) is -1.44. The quantitative estimate of drug-likeness (QED) is 0.571. The van der Waals surface area contributed by atoms with Gasteiger partial charge in [0.25, 0.3) is 12.3 Å². The molecule has 0 radical (unpaired) electrons. The lowest BCUT2D eigenvalue weighted by Gasteiger charge is -2.39. The first-order chi connectivity index (χ1) is 15.0. The highest BCUT2D eigenvalue weighted by Crippen LogP contribution is 2.36. The lowest BCUT2D eigenvalue weighted by molar-refractivity contribution is -0.0575. The number of hydrogen-bond donors (Lipinski definition) is 3. The zero-order chi connectivity index (χ0) is 23.7. The Labute approximate surface area is 178 Å². The Morgan fingerprint density at radius 1 is 1.28 bits per heavy atom. The van der Waals surface area contributed by atoms with Crippen molar-refractivity contribution >= 4 is 23.2 Å². The third-order valence-electron chi connectivity index (χ3n) is 4.96. The van der Waals surface area contributed by atoms with Gasteiger partial charge in [0, 0.05) is 11.3 Å². The van der Waals surface area contributed by atoms with Gasteiger partial charge in [-0.1, -0.05) is 0 Å². The molecule has 8 nitrogen and oxygen atoms in total. The molecule has 1 amide bonds. The molecule has 0 bridgehead atoms. The third-order valence-corrected chi connectivity index (χ3v) is 4.96. The molecule has 32 heavy (non-hydrogen) atoms. The van der Waals surface area contributed by atoms with Gasteiger partial charge in [-0.15, -0.1) is 0 Å². The van der Waals surface area contributed by atoms with E-state index in [1.54, 1.807) is 0 Å². The minimum Gasteiger partial charge on any atom is -0.385 e. The lowest BCUT2D eigenvalue weighted by Crippen LogP contribution is -2.56. The minimum absolute atomic E-state index is 0.0725. The molecular formula is C19H19F5N6O2. The molecule has 0 spiro atoms. The van der Waals surface area contributed by atoms with Crippen LogP contribution in [0.5, 0.6) is 0 Å². The number of carbonyl (C=O) groups is 1. The number of ether oxygens (including phenoxy) is 1. The molecule has 3 rings (SSSR count). The van der Waals surface area contributed by atoms with Crippen molar-refractivity contribution in [2.45, 2.75) is 24.5 Å². The fourth-order valence-corrected chi connectivity index (χ4v) is 3.04. The van der Waals surface area contributed by atoms with Crippen molar-refractivity contribution in [1.82, 2.24) is 9.97 Å². The van der Waals surface area contributed by atoms with Crippen LogP contribution in [0, 0.1) is 5.82 Å². The first-order valence-electron chi connectivity index (χ1n) is 9.19. The summed E-state index contributed by atoms with van der Waals surface area (Å²) in [7, 11) is 0. The molecule has 1 aliphatic heterocycles. The topological polar surface area (TPSA) is 129 Å². The number of aliphatic imine (C=N–C) groups is 1. The van der Waals surface area contributed by atoms with Crippen molar-refractivity contribution in [3.8, 4) is 0 Å². The summed E-state index contributed by atoms with van der Waals surface area (Å²) < 4.78 is 71.8. The molecule has 1 atom stereocenters. The predicted molar refractivity (Wildman–Crippen MR) is 105 cm³/mol. The molecule has 13 heteroatoms. The molecule has 0 saturated heterocycles. The van der Waals surface area contributed by atoms with Crippen LogP contribution in [0.1, 0.15) is 35.1 Å². The Morgan fingerprint density at radius 2 is 1.97 bits per heavy atom. The highest BCUT2D eigenvalue weighted by molar-refractivity contribution is 6.05. The van der Waals surface area contributed by atoms with Gasteiger partial charge < -0.3 is 21.5 Å². The van der Waals surface area contributed by atoms with Gasteiger partial charge in [-0.05, 0) is 25.1 Å². The number of nitrogens with two attached hydrogens (primary N) is 2. The van der Waals surface area contributed by atoms with Gasteiger partial charge in [-0.25, -0.2) is 31.9 Å². The second kappa shape index (κ2) is 8.65. The Morgan fingerprint density at radius 3 is 2.53 bits per heavy atom. The number of benzene rings is 1. The smallest absolute Gasteiger partial charge is 0.281 e. The summed E-state index contributed by atoms with van der Waals surface area (Å²) >= 11 is 0. The van der Waals surface area contributed by atoms with E-state index in [-0.39, 0.29) is 17.9 Å². The van der Waals surface area contributed by atoms with E-state index < -0.39 is 65.7 Å². The van der Waals surface area contributed by atoms with Crippen LogP contribution in [0.25, 0.3) is 0 Å². The van der Waals surface area contributed by atoms with Crippen molar-refractivity contribution in [2.24, 2.45) is 10.7 Å². The van der Waals surface area contributed by atoms with Crippen LogP contribution in [0.4, 0.5) is 33.5 Å². The number of nitrogen functional groups attached to an aromatic ring is 1. The zero-order valence-corrected chi connectivity index (χ0v) is 16.7. The van der Waals surface area contributed by atoms with Crippen LogP contribution in [0.3, 0.4) is 0 Å². The van der Waals surface area contributed by atoms with Gasteiger partial charge in [0.05, 0.1) is 12.8 Å². The van der Waals surface area contributed by atoms with Gasteiger partial charge in [-0.2, -0.15) is 0 Å². The molecule has 2 heterocycles. The molecule has 0 aliphatic carbocycles. The van der Waals surface area contributed by atoms with Gasteiger partial charge in [0.15, 0.2) is 17.1 Å². The SMILES string of the molecule is C[C@@]1(c2cc(NC(=O)c3ncc(C(F)F)nc3N)ccc2F)COC(CF)(CF)C(N)=N1. The summed E-state index contributed by atoms with van der Waals surface area (Å²) in [5.74, 6) is -2.59. The number of hydrogen-bond acceptors (Lipinski definition) is 7. The average Bonchev–Trinajstić information content (AvgIpc) is 2.75. The highest BCUT2D eigenvalue weighted by atomic mass is 19.3. The van der Waals surface area contributed by atoms with E-state index in [1.807, 2.05) is 0 Å². The van der Waals surface area contributed by atoms with Gasteiger partial charge >= 0.3 is 0 Å². The molecule has 172 valence electrons. The molecule has 1 aromatic heterocycles. The van der Waals surface area contributed by atoms with Crippen LogP contribution in [-0.4, -0.2) is 47.3 Å². The van der Waals surface area contributed by atoms with Crippen molar-refractivity contribution in [2.75, 3.05) is 31.0 Å². The van der Waals surface area contributed by atoms with E-state index in [2.05, 4.69) is 20.3 Å². The number of nitrogens with one attached hydrogen (secondary N) is 1. The highest BCUT2D eigenvalue weighted by Gasteiger charge is 2.45. The number of halogens is 5. The standard InChI is InChI=1S/C19H19F5N6O2/c1-18(8-32-19(6-20,7-21)17(26)30-18)10-4-9(2-3-11(10)22)28-16(31)13-15(25)29-12(5-27-13)14(23)24/h2-5,14H,6-8H2,1H3,(H2,25,29)(H2,26,30)(H,28,31)/t18-/m0/s1. The summed E-state index contributed by atoms with van der Waals surface area (Å²) in [5.41, 5.74) is 6.68. The Bertz CT molecular complexity index is 1060. The zero-order valence-electron chi connectivity index (χ0n) is 16.7. The van der Waals surface area contributed by atoms with Gasteiger partial charge in [0.2, 0.25) is 0 Å². The monoisotopic (exact) mass is 458 g/mol. The summed E-state index contributed by atoms with van der Waals surface area (Å²) in [6.07, 6.45) is -2.20. The summed E-state index contributed by atoms with van der Waals surface area (Å²) in [5, 5.41) is 2.41. The Balaban J connectivity index is 1.90. The maximum Gasteiger partial charge on any atom is 0.281 e. The number of rotatable bonds is 6. The molecule has 0 unspecified atom stereocenters. The third kappa shape index (κ3) is 4.20. The van der Waals surface area contributed by atoms with Crippen molar-refractivity contribution < 1.29 is 31.5 Å². The van der Waals surface area contributed by atoms with E-state index in [9.17, 15) is 26.7 Å². The van der Waals surface area contributed by atoms with Crippen molar-refractivity contribution in [3.63, 3.8) is 0 Å². The normalized spacial score (nSPS) is 20.2. The molecule has 0 fully saturated rings. The van der Waals surface area contributed by atoms with Crippen LogP contribution in [0.2, 0.25) is 0 Å². The predicted octanol–water partition coefficient (Wildman–Crippen LogP) is 2.67. The number of nitrogens with zero attached hydrogens (tertiary/aromatic N) is 3. The van der Waals surface area contributed by atoms with Crippen molar-refractivity contribution in [3.05, 3.63) is 47.2 Å². The lowest BCUT2D eigenvalue weighted by atomic mass is 9.89. The molecule has 0 saturated carbocycles. The molecule has 1 aliphatic rings. The van der Waals surface area contributed by atoms with E-state index in [0.717, 1.165) is 6.07 Å². The Kier molecular flexibility index (Phi) is 6.30. The Hall–Kier alpha value is -3.35. The fraction of sp³-hybridized carbons (Fsp3) is 0.368. The van der Waals surface area contributed by atoms with Gasteiger partial charge in [-0.3, -0.25) is 9.79 Å². The molecule has 2 aromatic rings. The molecule has 5 N–H and O–H groups in total. The first-order valence-corrected chi connectivity index (χ1v) is 9.19. The van der Waals surface area contributed by atoms with Crippen LogP contribution in [0.15, 0.2) is 29.4 Å². The average molecular weight is 458 g/mol. The largest absolute Gasteiger partial charge is 0.385 e. The number of amides is 1. The maximum absolute atomic E-state index is 14.6. The van der Waals surface area contributed by atoms with Crippen molar-refractivity contribution in [1.29, 1.82) is 0 Å². The maximum atomic E-state index is 14.6. The van der Waals surface area contributed by atoms with Crippen LogP contribution in [-0.2, 0) is 10.3 Å². The summed E-state index contributed by atoms with van der Waals surface area (Å²) in [6, 6.07) is 3.48. The number of carbonyl (C=O) groups excluding carboxylic acids is 1. The van der Waals surface area contributed by atoms with E-state index in [1.165, 1.54) is 19.1 Å². The van der Waals surface area contributed by atoms with E-state index in [4.69, 9.17) is 16.2 Å². The summed E-state index contributed by atoms with van der Waals surface area (Å²) in [4.78, 5) is 23.6. The van der Waals surface area contributed by atoms with E-state index >= 15 is 0 Å².